The van der Waals surface area contributed by atoms with Gasteiger partial charge in [0.15, 0.2) is 5.82 Å². The highest BCUT2D eigenvalue weighted by atomic mass is 32.2. The first kappa shape index (κ1) is 22.1. The minimum atomic E-state index is -3.45. The Labute approximate surface area is 202 Å². The van der Waals surface area contributed by atoms with Crippen LogP contribution in [0.3, 0.4) is 0 Å². The number of nitrogens with one attached hydrogen (secondary N) is 1. The maximum absolute atomic E-state index is 12.4. The normalized spacial score (nSPS) is 20.5. The van der Waals surface area contributed by atoms with Gasteiger partial charge < -0.3 is 15.0 Å². The van der Waals surface area contributed by atoms with Crippen LogP contribution < -0.4 is 5.32 Å². The summed E-state index contributed by atoms with van der Waals surface area (Å²) < 4.78 is 28.0. The van der Waals surface area contributed by atoms with Crippen LogP contribution in [0.1, 0.15) is 50.9 Å². The molecule has 182 valence electrons. The first-order chi connectivity index (χ1) is 16.9. The van der Waals surface area contributed by atoms with Gasteiger partial charge in [-0.2, -0.15) is 9.19 Å². The summed E-state index contributed by atoms with van der Waals surface area (Å²) in [6.45, 7) is 2.13. The number of fused-ring (bicyclic) bond motifs is 1. The summed E-state index contributed by atoms with van der Waals surface area (Å²) in [5.41, 5.74) is 2.18. The molecule has 4 aromatic heterocycles. The third kappa shape index (κ3) is 4.06. The quantitative estimate of drug-likeness (QED) is 0.396. The third-order valence-electron chi connectivity index (χ3n) is 6.76. The van der Waals surface area contributed by atoms with E-state index in [0.717, 1.165) is 34.4 Å². The van der Waals surface area contributed by atoms with Crippen molar-refractivity contribution < 1.29 is 13.5 Å². The van der Waals surface area contributed by atoms with Crippen LogP contribution >= 0.6 is 0 Å². The van der Waals surface area contributed by atoms with Gasteiger partial charge in [0.25, 0.3) is 10.0 Å². The number of imidazole rings is 1. The van der Waals surface area contributed by atoms with E-state index in [1.165, 1.54) is 12.4 Å². The molecule has 2 unspecified atom stereocenters. The van der Waals surface area contributed by atoms with Gasteiger partial charge >= 0.3 is 0 Å². The first-order valence-corrected chi connectivity index (χ1v) is 13.3. The van der Waals surface area contributed by atoms with E-state index in [9.17, 15) is 13.5 Å². The second-order valence-corrected chi connectivity index (χ2v) is 11.5. The summed E-state index contributed by atoms with van der Waals surface area (Å²) >= 11 is 0. The predicted molar refractivity (Wildman–Crippen MR) is 129 cm³/mol. The summed E-state index contributed by atoms with van der Waals surface area (Å²) in [7, 11) is -3.45. The Morgan fingerprint density at radius 1 is 1.11 bits per heavy atom. The smallest absolute Gasteiger partial charge is 0.256 e. The lowest BCUT2D eigenvalue weighted by Gasteiger charge is -2.16. The molecule has 2 N–H and O–H groups in total. The summed E-state index contributed by atoms with van der Waals surface area (Å²) in [5.74, 6) is 2.77. The van der Waals surface area contributed by atoms with Crippen molar-refractivity contribution in [2.75, 3.05) is 5.32 Å². The lowest BCUT2D eigenvalue weighted by atomic mass is 10.1. The summed E-state index contributed by atoms with van der Waals surface area (Å²) in [6.07, 6.45) is 10.8. The van der Waals surface area contributed by atoms with Gasteiger partial charge in [0.2, 0.25) is 0 Å². The average Bonchev–Trinajstić information content (AvgIpc) is 3.28. The molecule has 11 nitrogen and oxygen atoms in total. The molecule has 0 aromatic carbocycles. The van der Waals surface area contributed by atoms with Crippen molar-refractivity contribution in [3.8, 4) is 11.4 Å². The highest BCUT2D eigenvalue weighted by molar-refractivity contribution is 7.90. The van der Waals surface area contributed by atoms with Crippen LogP contribution in [-0.2, 0) is 16.6 Å². The van der Waals surface area contributed by atoms with E-state index < -0.39 is 10.0 Å². The minimum Gasteiger partial charge on any atom is -0.388 e. The molecule has 2 fully saturated rings. The molecule has 2 aliphatic rings. The molecule has 0 radical (unpaired) electrons. The van der Waals surface area contributed by atoms with E-state index in [2.05, 4.69) is 41.8 Å². The molecule has 0 amide bonds. The Bertz CT molecular complexity index is 1510. The zero-order valence-electron chi connectivity index (χ0n) is 19.2. The van der Waals surface area contributed by atoms with Gasteiger partial charge in [0, 0.05) is 18.3 Å². The minimum absolute atomic E-state index is 0.123. The molecule has 0 aliphatic heterocycles. The first-order valence-electron chi connectivity index (χ1n) is 11.8. The zero-order chi connectivity index (χ0) is 24.2. The van der Waals surface area contributed by atoms with Crippen molar-refractivity contribution >= 4 is 32.7 Å². The Morgan fingerprint density at radius 2 is 1.97 bits per heavy atom. The van der Waals surface area contributed by atoms with Crippen LogP contribution in [0.4, 0.5) is 11.6 Å². The lowest BCUT2D eigenvalue weighted by molar-refractivity contribution is 0.261. The molecular formula is C23H26N8O3S. The van der Waals surface area contributed by atoms with E-state index in [0.29, 0.717) is 53.6 Å². The summed E-state index contributed by atoms with van der Waals surface area (Å²) in [5, 5.41) is 16.8. The number of anilines is 2. The highest BCUT2D eigenvalue weighted by Gasteiger charge is 2.37. The molecule has 6 rings (SSSR count). The molecule has 2 atom stereocenters. The maximum Gasteiger partial charge on any atom is 0.256 e. The number of aliphatic hydroxyl groups is 1. The number of rotatable bonds is 7. The van der Waals surface area contributed by atoms with Crippen molar-refractivity contribution in [3.05, 3.63) is 42.7 Å². The maximum atomic E-state index is 12.4. The van der Waals surface area contributed by atoms with Crippen LogP contribution in [0.15, 0.2) is 36.9 Å². The van der Waals surface area contributed by atoms with Gasteiger partial charge in [0.05, 0.1) is 34.9 Å². The molecule has 2 aliphatic carbocycles. The van der Waals surface area contributed by atoms with E-state index in [1.807, 2.05) is 6.07 Å². The van der Waals surface area contributed by atoms with E-state index >= 15 is 0 Å². The number of aliphatic hydroxyl groups excluding tert-OH is 1. The standard InChI is InChI=1S/C23H26N8O3S/c1-14-2-3-16(8-14)31-19-9-21(25-11-18(19)27-22(31)13-32)28-20-6-7-24-23(29-20)15-10-26-30(12-15)35(33,34)17-4-5-17/h6-7,9-12,14,16-17,32H,2-5,8,13H2,1H3,(H,24,25,28,29). The average molecular weight is 495 g/mol. The van der Waals surface area contributed by atoms with Crippen molar-refractivity contribution in [1.29, 1.82) is 0 Å². The number of hydrogen-bond donors (Lipinski definition) is 2. The largest absolute Gasteiger partial charge is 0.388 e. The molecule has 0 bridgehead atoms. The van der Waals surface area contributed by atoms with Crippen LogP contribution in [-0.4, -0.2) is 52.5 Å². The van der Waals surface area contributed by atoms with Crippen LogP contribution in [0.25, 0.3) is 22.4 Å². The van der Waals surface area contributed by atoms with E-state index in [-0.39, 0.29) is 11.9 Å². The molecular weight excluding hydrogens is 468 g/mol. The Kier molecular flexibility index (Phi) is 5.29. The summed E-state index contributed by atoms with van der Waals surface area (Å²) in [4.78, 5) is 17.9. The van der Waals surface area contributed by atoms with Crippen molar-refractivity contribution in [1.82, 2.24) is 33.7 Å². The lowest BCUT2D eigenvalue weighted by Crippen LogP contribution is -2.17. The Hall–Kier alpha value is -3.38. The zero-order valence-corrected chi connectivity index (χ0v) is 20.1. The fraction of sp³-hybridized carbons (Fsp3) is 0.435. The van der Waals surface area contributed by atoms with Gasteiger partial charge in [-0.1, -0.05) is 6.92 Å². The fourth-order valence-corrected chi connectivity index (χ4v) is 6.30. The SMILES string of the molecule is CC1CCC(n2c(CO)nc3cnc(Nc4ccnc(-c5cnn(S(=O)(=O)C6CC6)c5)n4)cc32)C1. The Balaban J connectivity index is 1.29. The second-order valence-electron chi connectivity index (χ2n) is 9.42. The number of hydrogen-bond acceptors (Lipinski definition) is 9. The number of pyridine rings is 1. The van der Waals surface area contributed by atoms with E-state index in [1.54, 1.807) is 18.5 Å². The summed E-state index contributed by atoms with van der Waals surface area (Å²) in [6, 6.07) is 3.95. The van der Waals surface area contributed by atoms with Crippen molar-refractivity contribution in [2.24, 2.45) is 5.92 Å². The van der Waals surface area contributed by atoms with Crippen LogP contribution in [0.5, 0.6) is 0 Å². The van der Waals surface area contributed by atoms with Gasteiger partial charge in [-0.3, -0.25) is 0 Å². The van der Waals surface area contributed by atoms with Gasteiger partial charge in [-0.05, 0) is 44.1 Å². The van der Waals surface area contributed by atoms with Gasteiger partial charge in [0.1, 0.15) is 29.6 Å². The molecule has 4 aromatic rings. The van der Waals surface area contributed by atoms with Gasteiger partial charge in [-0.25, -0.2) is 28.4 Å². The monoisotopic (exact) mass is 494 g/mol. The molecule has 35 heavy (non-hydrogen) atoms. The third-order valence-corrected chi connectivity index (χ3v) is 8.79. The van der Waals surface area contributed by atoms with Crippen molar-refractivity contribution in [3.63, 3.8) is 0 Å². The van der Waals surface area contributed by atoms with Gasteiger partial charge in [-0.15, -0.1) is 0 Å². The molecule has 0 spiro atoms. The topological polar surface area (TPSA) is 141 Å². The fourth-order valence-electron chi connectivity index (χ4n) is 4.82. The van der Waals surface area contributed by atoms with Crippen LogP contribution in [0, 0.1) is 5.92 Å². The molecule has 2 saturated carbocycles. The van der Waals surface area contributed by atoms with Crippen molar-refractivity contribution in [2.45, 2.75) is 56.9 Å². The second kappa shape index (κ2) is 8.38. The van der Waals surface area contributed by atoms with Crippen LogP contribution in [0.2, 0.25) is 0 Å². The number of aromatic nitrogens is 7. The van der Waals surface area contributed by atoms with E-state index in [4.69, 9.17) is 0 Å². The molecule has 12 heteroatoms. The Morgan fingerprint density at radius 3 is 2.71 bits per heavy atom. The molecule has 4 heterocycles. The predicted octanol–water partition coefficient (Wildman–Crippen LogP) is 3.02. The highest BCUT2D eigenvalue weighted by Crippen LogP contribution is 2.37. The number of nitrogens with zero attached hydrogens (tertiary/aromatic N) is 7. The molecule has 0 saturated heterocycles.